The Morgan fingerprint density at radius 2 is 2.00 bits per heavy atom. The third-order valence-electron chi connectivity index (χ3n) is 1.34. The van der Waals surface area contributed by atoms with Crippen molar-refractivity contribution in [2.24, 2.45) is 0 Å². The van der Waals surface area contributed by atoms with Crippen LogP contribution in [0.5, 0.6) is 0 Å². The van der Waals surface area contributed by atoms with Crippen LogP contribution in [-0.4, -0.2) is 36.7 Å². The van der Waals surface area contributed by atoms with E-state index >= 15 is 0 Å². The van der Waals surface area contributed by atoms with E-state index in [0.29, 0.717) is 0 Å². The van der Waals surface area contributed by atoms with Gasteiger partial charge in [0.15, 0.2) is 0 Å². The number of hydrogen-bond donors (Lipinski definition) is 3. The fourth-order valence-electron chi connectivity index (χ4n) is 0.774. The number of hydrogen-bond acceptors (Lipinski definition) is 3. The molecule has 0 rings (SSSR count). The maximum absolute atomic E-state index is 10.8. The Bertz CT molecular complexity index is 167. The van der Waals surface area contributed by atoms with E-state index in [2.05, 4.69) is 28.3 Å². The van der Waals surface area contributed by atoms with Crippen LogP contribution in [0, 0.1) is 0 Å². The monoisotopic (exact) mass is 253 g/mol. The maximum atomic E-state index is 10.8. The summed E-state index contributed by atoms with van der Waals surface area (Å²) >= 11 is 3.12. The molecule has 0 radical (unpaired) electrons. The van der Waals surface area contributed by atoms with Crippen LogP contribution in [0.15, 0.2) is 0 Å². The van der Waals surface area contributed by atoms with Crippen LogP contribution in [0.1, 0.15) is 13.8 Å². The molecule has 72 valence electrons. The van der Waals surface area contributed by atoms with E-state index < -0.39 is 31.6 Å². The molecule has 0 aromatic rings. The second-order valence-electron chi connectivity index (χ2n) is 3.45. The zero-order valence-electron chi connectivity index (χ0n) is 7.83. The molecule has 0 heterocycles. The van der Waals surface area contributed by atoms with Gasteiger partial charge in [-0.2, -0.15) is 0 Å². The van der Waals surface area contributed by atoms with Gasteiger partial charge < -0.3 is 0 Å². The predicted octanol–water partition coefficient (Wildman–Crippen LogP) is 0.989. The molecule has 0 bridgehead atoms. The Morgan fingerprint density at radius 1 is 1.58 bits per heavy atom. The van der Waals surface area contributed by atoms with Gasteiger partial charge in [-0.15, -0.1) is 0 Å². The third-order valence-corrected chi connectivity index (χ3v) is 3.22. The van der Waals surface area contributed by atoms with E-state index in [-0.39, 0.29) is 0 Å². The first-order chi connectivity index (χ1) is 5.25. The minimum absolute atomic E-state index is 0.509. The molecule has 0 fully saturated rings. The van der Waals surface area contributed by atoms with Gasteiger partial charge in [0, 0.05) is 0 Å². The molecular weight excluding hydrogens is 237 g/mol. The number of thiol groups is 1. The molecule has 0 saturated carbocycles. The van der Waals surface area contributed by atoms with Crippen molar-refractivity contribution in [2.45, 2.75) is 36.1 Å². The quantitative estimate of drug-likeness (QED) is 0.517. The summed E-state index contributed by atoms with van der Waals surface area (Å²) in [7, 11) is 0. The van der Waals surface area contributed by atoms with Crippen LogP contribution in [0.3, 0.4) is 0 Å². The number of carbonyl (C=O) groups is 1. The van der Waals surface area contributed by atoms with Crippen LogP contribution in [0.25, 0.3) is 0 Å². The topological polar surface area (TPSA) is 49.3 Å². The predicted molar refractivity (Wildman–Crippen MR) is 55.1 cm³/mol. The van der Waals surface area contributed by atoms with Crippen LogP contribution < -0.4 is 4.23 Å². The van der Waals surface area contributed by atoms with Crippen molar-refractivity contribution in [1.82, 2.24) is 4.23 Å². The van der Waals surface area contributed by atoms with Gasteiger partial charge in [-0.25, -0.2) is 0 Å². The van der Waals surface area contributed by atoms with Gasteiger partial charge >= 0.3 is 83.7 Å². The first kappa shape index (κ1) is 12.3. The van der Waals surface area contributed by atoms with Gasteiger partial charge in [0.2, 0.25) is 0 Å². The van der Waals surface area contributed by atoms with Crippen molar-refractivity contribution >= 4 is 33.5 Å². The molecular formula is C7H16AsNO2S. The van der Waals surface area contributed by atoms with Gasteiger partial charge in [-0.05, 0) is 0 Å². The average molecular weight is 253 g/mol. The van der Waals surface area contributed by atoms with Crippen LogP contribution in [0.4, 0.5) is 0 Å². The molecule has 0 spiro atoms. The van der Waals surface area contributed by atoms with Gasteiger partial charge in [0.25, 0.3) is 0 Å². The second kappa shape index (κ2) is 4.54. The normalized spacial score (nSPS) is 14.8. The summed E-state index contributed by atoms with van der Waals surface area (Å²) in [6.07, 6.45) is 0. The first-order valence-electron chi connectivity index (χ1n) is 3.64. The summed E-state index contributed by atoms with van der Waals surface area (Å²) < 4.78 is 2.58. The molecule has 0 aromatic carbocycles. The van der Waals surface area contributed by atoms with Crippen molar-refractivity contribution < 1.29 is 9.90 Å². The fraction of sp³-hybridized carbons (Fsp3) is 0.857. The summed E-state index contributed by atoms with van der Waals surface area (Å²) in [5, 5.41) is 8.87. The van der Waals surface area contributed by atoms with E-state index in [1.54, 1.807) is 13.8 Å². The molecule has 0 unspecified atom stereocenters. The van der Waals surface area contributed by atoms with Crippen molar-refractivity contribution in [2.75, 3.05) is 0 Å². The zero-order chi connectivity index (χ0) is 9.94. The Kier molecular flexibility index (Phi) is 4.67. The Labute approximate surface area is 83.8 Å². The molecule has 12 heavy (non-hydrogen) atoms. The molecule has 0 aliphatic carbocycles. The molecule has 2 N–H and O–H groups in total. The van der Waals surface area contributed by atoms with Crippen molar-refractivity contribution in [1.29, 1.82) is 0 Å². The molecule has 3 nitrogen and oxygen atoms in total. The van der Waals surface area contributed by atoms with Crippen LogP contribution in [-0.2, 0) is 4.79 Å². The van der Waals surface area contributed by atoms with Crippen molar-refractivity contribution in [3.8, 4) is 0 Å². The SMILES string of the molecule is C[As](C)N[C@H](C(=O)O)C(C)(C)S. The van der Waals surface area contributed by atoms with E-state index in [1.165, 1.54) is 0 Å². The number of rotatable bonds is 4. The summed E-state index contributed by atoms with van der Waals surface area (Å²) in [6, 6.07) is -0.546. The zero-order valence-corrected chi connectivity index (χ0v) is 10.6. The second-order valence-corrected chi connectivity index (χ2v) is 8.90. The molecule has 0 aromatic heterocycles. The molecule has 0 amide bonds. The Morgan fingerprint density at radius 3 is 2.08 bits per heavy atom. The summed E-state index contributed by atoms with van der Waals surface area (Å²) in [6.45, 7) is 3.61. The molecule has 5 heteroatoms. The van der Waals surface area contributed by atoms with Crippen LogP contribution in [0.2, 0.25) is 11.4 Å². The van der Waals surface area contributed by atoms with Crippen molar-refractivity contribution in [3.63, 3.8) is 0 Å². The molecule has 0 aliphatic rings. The summed E-state index contributed by atoms with van der Waals surface area (Å²) in [4.78, 5) is 10.8. The van der Waals surface area contributed by atoms with E-state index in [4.69, 9.17) is 5.11 Å². The van der Waals surface area contributed by atoms with Gasteiger partial charge in [0.1, 0.15) is 0 Å². The number of nitrogens with one attached hydrogen (secondary N) is 1. The molecule has 1 atom stereocenters. The van der Waals surface area contributed by atoms with Crippen LogP contribution >= 0.6 is 12.6 Å². The number of aliphatic carboxylic acids is 1. The van der Waals surface area contributed by atoms with Gasteiger partial charge in [-0.1, -0.05) is 0 Å². The Hall–Kier alpha value is 0.338. The fourth-order valence-corrected chi connectivity index (χ4v) is 3.16. The Balaban J connectivity index is 4.35. The minimum atomic E-state index is -1.12. The van der Waals surface area contributed by atoms with Crippen molar-refractivity contribution in [3.05, 3.63) is 0 Å². The van der Waals surface area contributed by atoms with Gasteiger partial charge in [0.05, 0.1) is 0 Å². The van der Waals surface area contributed by atoms with Gasteiger partial charge in [-0.3, -0.25) is 0 Å². The average Bonchev–Trinajstić information content (AvgIpc) is 1.79. The van der Waals surface area contributed by atoms with E-state index in [1.807, 2.05) is 0 Å². The summed E-state index contributed by atoms with van der Waals surface area (Å²) in [5.41, 5.74) is 4.12. The molecule has 0 saturated heterocycles. The van der Waals surface area contributed by atoms with E-state index in [0.717, 1.165) is 0 Å². The van der Waals surface area contributed by atoms with E-state index in [9.17, 15) is 4.79 Å². The molecule has 0 aliphatic heterocycles. The first-order valence-corrected chi connectivity index (χ1v) is 8.77. The summed E-state index contributed by atoms with van der Waals surface area (Å²) in [5.74, 6) is -0.821. The standard InChI is InChI=1S/C7H16AsNO2S/c1-7(2,12)5(6(10)11)9-8(3)4/h5,9,12H,1-4H3,(H,10,11)/t5-/m1/s1. The number of carboxylic acid groups (broad SMARTS) is 1. The number of carboxylic acids is 1. The third kappa shape index (κ3) is 4.39.